The first-order valence-corrected chi connectivity index (χ1v) is 7.35. The van der Waals surface area contributed by atoms with Crippen molar-refractivity contribution in [1.29, 1.82) is 0 Å². The Balaban J connectivity index is 2.14. The van der Waals surface area contributed by atoms with Crippen molar-refractivity contribution in [2.45, 2.75) is 6.42 Å². The molecule has 0 saturated carbocycles. The van der Waals surface area contributed by atoms with Crippen molar-refractivity contribution in [2.24, 2.45) is 0 Å². The first-order chi connectivity index (χ1) is 8.48. The van der Waals surface area contributed by atoms with Crippen LogP contribution in [0.5, 0.6) is 0 Å². The van der Waals surface area contributed by atoms with Gasteiger partial charge in [-0.2, -0.15) is 5.10 Å². The minimum absolute atomic E-state index is 0.0257. The van der Waals surface area contributed by atoms with Gasteiger partial charge in [0.1, 0.15) is 5.69 Å². The van der Waals surface area contributed by atoms with Gasteiger partial charge in [0.2, 0.25) is 0 Å². The molecule has 0 atom stereocenters. The Morgan fingerprint density at radius 3 is 2.72 bits per heavy atom. The van der Waals surface area contributed by atoms with Crippen molar-refractivity contribution in [3.63, 3.8) is 0 Å². The number of hydrogen-bond acceptors (Lipinski definition) is 5. The fourth-order valence-electron chi connectivity index (χ4n) is 1.77. The average molecular weight is 271 g/mol. The topological polar surface area (TPSA) is 100 Å². The molecule has 98 valence electrons. The van der Waals surface area contributed by atoms with Gasteiger partial charge in [-0.05, 0) is 12.5 Å². The van der Waals surface area contributed by atoms with Crippen LogP contribution in [0.25, 0.3) is 0 Å². The summed E-state index contributed by atoms with van der Waals surface area (Å²) in [5.41, 5.74) is -0.265. The summed E-state index contributed by atoms with van der Waals surface area (Å²) in [6, 6.07) is 2.55. The summed E-state index contributed by atoms with van der Waals surface area (Å²) in [6.45, 7) is 0.556. The lowest BCUT2D eigenvalue weighted by Crippen LogP contribution is -2.34. The second-order valence-electron chi connectivity index (χ2n) is 4.10. The van der Waals surface area contributed by atoms with Crippen LogP contribution in [0.2, 0.25) is 0 Å². The molecule has 1 amide bonds. The summed E-state index contributed by atoms with van der Waals surface area (Å²) < 4.78 is 22.8. The van der Waals surface area contributed by atoms with Gasteiger partial charge in [0.05, 0.1) is 11.5 Å². The van der Waals surface area contributed by atoms with Gasteiger partial charge in [0.25, 0.3) is 11.5 Å². The van der Waals surface area contributed by atoms with Gasteiger partial charge in [-0.15, -0.1) is 0 Å². The number of rotatable bonds is 1. The molecular weight excluding hydrogens is 258 g/mol. The highest BCUT2D eigenvalue weighted by Gasteiger charge is 2.23. The van der Waals surface area contributed by atoms with Crippen LogP contribution < -0.4 is 5.56 Å². The van der Waals surface area contributed by atoms with Crippen LogP contribution in [0.4, 0.5) is 0 Å². The maximum Gasteiger partial charge on any atom is 0.274 e. The maximum absolute atomic E-state index is 12.0. The van der Waals surface area contributed by atoms with Crippen LogP contribution in [-0.2, 0) is 9.84 Å². The zero-order valence-corrected chi connectivity index (χ0v) is 10.4. The molecule has 2 rings (SSSR count). The van der Waals surface area contributed by atoms with Crippen molar-refractivity contribution in [2.75, 3.05) is 24.6 Å². The molecule has 18 heavy (non-hydrogen) atoms. The van der Waals surface area contributed by atoms with Crippen molar-refractivity contribution in [3.05, 3.63) is 28.2 Å². The third-order valence-electron chi connectivity index (χ3n) is 2.74. The Kier molecular flexibility index (Phi) is 3.46. The van der Waals surface area contributed by atoms with Gasteiger partial charge >= 0.3 is 0 Å². The summed E-state index contributed by atoms with van der Waals surface area (Å²) in [5, 5.41) is 5.82. The average Bonchev–Trinajstić information content (AvgIpc) is 2.50. The van der Waals surface area contributed by atoms with E-state index in [9.17, 15) is 18.0 Å². The highest BCUT2D eigenvalue weighted by atomic mass is 32.2. The third-order valence-corrected chi connectivity index (χ3v) is 4.46. The van der Waals surface area contributed by atoms with E-state index in [-0.39, 0.29) is 35.2 Å². The first-order valence-electron chi connectivity index (χ1n) is 5.53. The number of amides is 1. The quantitative estimate of drug-likeness (QED) is 0.708. The number of carbonyl (C=O) groups is 1. The largest absolute Gasteiger partial charge is 0.336 e. The molecule has 0 aliphatic carbocycles. The lowest BCUT2D eigenvalue weighted by molar-refractivity contribution is 0.0761. The molecule has 1 aliphatic rings. The standard InChI is InChI=1S/C10H13N3O4S/c14-9-3-2-8(11-12-9)10(15)13-4-1-6-18(16,17)7-5-13/h2-3H,1,4-7H2,(H,12,14). The van der Waals surface area contributed by atoms with Crippen LogP contribution in [0, 0.1) is 0 Å². The minimum Gasteiger partial charge on any atom is -0.336 e. The molecule has 8 heteroatoms. The SMILES string of the molecule is O=C(c1ccc(=O)[nH]n1)N1CCCS(=O)(=O)CC1. The normalized spacial score (nSPS) is 19.2. The first kappa shape index (κ1) is 12.7. The van der Waals surface area contributed by atoms with Crippen molar-refractivity contribution >= 4 is 15.7 Å². The van der Waals surface area contributed by atoms with Gasteiger partial charge in [0.15, 0.2) is 9.84 Å². The van der Waals surface area contributed by atoms with Crippen LogP contribution in [0.3, 0.4) is 0 Å². The van der Waals surface area contributed by atoms with Crippen LogP contribution >= 0.6 is 0 Å². The second-order valence-corrected chi connectivity index (χ2v) is 6.41. The van der Waals surface area contributed by atoms with E-state index in [1.165, 1.54) is 17.0 Å². The lowest BCUT2D eigenvalue weighted by atomic mass is 10.3. The highest BCUT2D eigenvalue weighted by Crippen LogP contribution is 2.08. The number of nitrogens with one attached hydrogen (secondary N) is 1. The van der Waals surface area contributed by atoms with E-state index in [1.54, 1.807) is 0 Å². The number of aromatic amines is 1. The molecule has 0 aromatic carbocycles. The van der Waals surface area contributed by atoms with Gasteiger partial charge in [-0.3, -0.25) is 9.59 Å². The predicted octanol–water partition coefficient (Wildman–Crippen LogP) is -0.969. The zero-order chi connectivity index (χ0) is 13.2. The third kappa shape index (κ3) is 2.95. The zero-order valence-electron chi connectivity index (χ0n) is 9.63. The Morgan fingerprint density at radius 2 is 2.06 bits per heavy atom. The Hall–Kier alpha value is -1.70. The predicted molar refractivity (Wildman–Crippen MR) is 64.0 cm³/mol. The van der Waals surface area contributed by atoms with Crippen molar-refractivity contribution in [1.82, 2.24) is 15.1 Å². The second kappa shape index (κ2) is 4.89. The van der Waals surface area contributed by atoms with Gasteiger partial charge in [-0.1, -0.05) is 0 Å². The molecule has 1 aliphatic heterocycles. The molecule has 2 heterocycles. The summed E-state index contributed by atoms with van der Waals surface area (Å²) in [4.78, 5) is 24.3. The van der Waals surface area contributed by atoms with E-state index in [1.807, 2.05) is 0 Å². The fourth-order valence-corrected chi connectivity index (χ4v) is 3.04. The molecule has 1 aromatic rings. The number of sulfone groups is 1. The Bertz CT molecular complexity index is 587. The summed E-state index contributed by atoms with van der Waals surface area (Å²) in [5.74, 6) is -0.277. The minimum atomic E-state index is -3.05. The van der Waals surface area contributed by atoms with Crippen LogP contribution in [0.15, 0.2) is 16.9 Å². The van der Waals surface area contributed by atoms with E-state index in [2.05, 4.69) is 10.2 Å². The van der Waals surface area contributed by atoms with Crippen LogP contribution in [0.1, 0.15) is 16.9 Å². The van der Waals surface area contributed by atoms with Crippen LogP contribution in [-0.4, -0.2) is 54.0 Å². The number of aromatic nitrogens is 2. The van der Waals surface area contributed by atoms with E-state index in [0.29, 0.717) is 13.0 Å². The lowest BCUT2D eigenvalue weighted by Gasteiger charge is -2.18. The Labute approximate surface area is 104 Å². The number of nitrogens with zero attached hydrogens (tertiary/aromatic N) is 2. The van der Waals surface area contributed by atoms with E-state index < -0.39 is 9.84 Å². The maximum atomic E-state index is 12.0. The monoisotopic (exact) mass is 271 g/mol. The van der Waals surface area contributed by atoms with Gasteiger partial charge in [0, 0.05) is 19.2 Å². The number of carbonyl (C=O) groups excluding carboxylic acids is 1. The molecule has 1 N–H and O–H groups in total. The molecule has 1 saturated heterocycles. The molecular formula is C10H13N3O4S. The van der Waals surface area contributed by atoms with E-state index in [0.717, 1.165) is 0 Å². The molecule has 1 fully saturated rings. The summed E-state index contributed by atoms with van der Waals surface area (Å²) in [7, 11) is -3.05. The van der Waals surface area contributed by atoms with Gasteiger partial charge in [-0.25, -0.2) is 13.5 Å². The molecule has 0 unspecified atom stereocenters. The fraction of sp³-hybridized carbons (Fsp3) is 0.500. The van der Waals surface area contributed by atoms with Gasteiger partial charge < -0.3 is 4.90 Å². The Morgan fingerprint density at radius 1 is 1.28 bits per heavy atom. The molecule has 0 bridgehead atoms. The number of H-pyrrole nitrogens is 1. The van der Waals surface area contributed by atoms with E-state index >= 15 is 0 Å². The number of hydrogen-bond donors (Lipinski definition) is 1. The molecule has 1 aromatic heterocycles. The molecule has 7 nitrogen and oxygen atoms in total. The summed E-state index contributed by atoms with van der Waals surface area (Å²) in [6.07, 6.45) is 0.428. The van der Waals surface area contributed by atoms with Crippen molar-refractivity contribution in [3.8, 4) is 0 Å². The molecule has 0 radical (unpaired) electrons. The smallest absolute Gasteiger partial charge is 0.274 e. The van der Waals surface area contributed by atoms with E-state index in [4.69, 9.17) is 0 Å². The molecule has 0 spiro atoms. The van der Waals surface area contributed by atoms with Crippen molar-refractivity contribution < 1.29 is 13.2 Å². The highest BCUT2D eigenvalue weighted by molar-refractivity contribution is 7.91. The summed E-state index contributed by atoms with van der Waals surface area (Å²) >= 11 is 0.